The molecule has 7 heteroatoms. The summed E-state index contributed by atoms with van der Waals surface area (Å²) in [5.41, 5.74) is 5.56. The predicted molar refractivity (Wildman–Crippen MR) is 85.6 cm³/mol. The average Bonchev–Trinajstić information content (AvgIpc) is 2.64. The summed E-state index contributed by atoms with van der Waals surface area (Å²) in [6, 6.07) is 17.6. The number of hydrogen-bond donors (Lipinski definition) is 2. The molecule has 0 aliphatic rings. The molecule has 1 aromatic heterocycles. The van der Waals surface area contributed by atoms with E-state index < -0.39 is 35.3 Å². The van der Waals surface area contributed by atoms with Gasteiger partial charge in [-0.3, -0.25) is 0 Å². The second-order valence-electron chi connectivity index (χ2n) is 5.22. The van der Waals surface area contributed by atoms with Crippen molar-refractivity contribution in [1.29, 1.82) is 0 Å². The van der Waals surface area contributed by atoms with E-state index in [1.807, 2.05) is 36.4 Å². The molecule has 128 valence electrons. The quantitative estimate of drug-likeness (QED) is 0.409. The lowest BCUT2D eigenvalue weighted by Gasteiger charge is -2.21. The van der Waals surface area contributed by atoms with Crippen LogP contribution in [0, 0.1) is 23.5 Å². The van der Waals surface area contributed by atoms with E-state index in [-0.39, 0.29) is 0 Å². The van der Waals surface area contributed by atoms with Crippen LogP contribution in [0.3, 0.4) is 0 Å². The van der Waals surface area contributed by atoms with Gasteiger partial charge in [0.25, 0.3) is 11.9 Å². The van der Waals surface area contributed by atoms with Gasteiger partial charge in [0.1, 0.15) is 5.69 Å². The highest BCUT2D eigenvalue weighted by atomic mass is 19.2. The number of nitrogens with one attached hydrogen (secondary N) is 2. The summed E-state index contributed by atoms with van der Waals surface area (Å²) < 4.78 is 54.0. The third-order valence-electron chi connectivity index (χ3n) is 3.60. The molecule has 0 unspecified atom stereocenters. The Bertz CT molecular complexity index is 791. The fourth-order valence-corrected chi connectivity index (χ4v) is 2.39. The summed E-state index contributed by atoms with van der Waals surface area (Å²) in [7, 11) is 0. The molecule has 0 saturated heterocycles. The minimum atomic E-state index is -1.72. The number of rotatable bonds is 5. The number of anilines is 1. The molecule has 3 rings (SSSR count). The molecular formula is C18H13F4N3. The summed E-state index contributed by atoms with van der Waals surface area (Å²) in [6.07, 6.45) is 0. The van der Waals surface area contributed by atoms with E-state index in [4.69, 9.17) is 0 Å². The summed E-state index contributed by atoms with van der Waals surface area (Å²) in [5, 5.41) is 0. The highest BCUT2D eigenvalue weighted by molar-refractivity contribution is 5.45. The number of pyridine rings is 1. The Kier molecular flexibility index (Phi) is 4.95. The Labute approximate surface area is 141 Å². The van der Waals surface area contributed by atoms with Crippen LogP contribution < -0.4 is 10.9 Å². The first-order chi connectivity index (χ1) is 12.1. The van der Waals surface area contributed by atoms with Crippen LogP contribution in [0.15, 0.2) is 60.7 Å². The molecule has 0 fully saturated rings. The first-order valence-electron chi connectivity index (χ1n) is 7.39. The van der Waals surface area contributed by atoms with Gasteiger partial charge in [-0.1, -0.05) is 60.7 Å². The van der Waals surface area contributed by atoms with Gasteiger partial charge in [-0.25, -0.2) is 5.43 Å². The van der Waals surface area contributed by atoms with Crippen LogP contribution >= 0.6 is 0 Å². The number of halogens is 4. The van der Waals surface area contributed by atoms with Gasteiger partial charge in [0, 0.05) is 0 Å². The lowest BCUT2D eigenvalue weighted by atomic mass is 9.99. The normalized spacial score (nSPS) is 10.9. The summed E-state index contributed by atoms with van der Waals surface area (Å²) >= 11 is 0. The predicted octanol–water partition coefficient (Wildman–Crippen LogP) is 4.34. The van der Waals surface area contributed by atoms with E-state index >= 15 is 0 Å². The van der Waals surface area contributed by atoms with E-state index in [9.17, 15) is 17.6 Å². The van der Waals surface area contributed by atoms with Crippen molar-refractivity contribution in [3.8, 4) is 0 Å². The lowest BCUT2D eigenvalue weighted by Crippen LogP contribution is -2.29. The molecule has 2 aromatic carbocycles. The van der Waals surface area contributed by atoms with E-state index in [1.54, 1.807) is 24.3 Å². The Morgan fingerprint density at radius 2 is 1.12 bits per heavy atom. The minimum Gasteiger partial charge on any atom is -0.315 e. The van der Waals surface area contributed by atoms with Crippen LogP contribution in [0.1, 0.15) is 17.2 Å². The molecule has 0 aliphatic carbocycles. The van der Waals surface area contributed by atoms with Crippen LogP contribution in [0.5, 0.6) is 0 Å². The maximum absolute atomic E-state index is 13.8. The van der Waals surface area contributed by atoms with Gasteiger partial charge in [0.15, 0.2) is 0 Å². The third-order valence-corrected chi connectivity index (χ3v) is 3.60. The van der Waals surface area contributed by atoms with Crippen molar-refractivity contribution in [1.82, 2.24) is 10.4 Å². The summed E-state index contributed by atoms with van der Waals surface area (Å²) in [5.74, 6) is -6.66. The van der Waals surface area contributed by atoms with Gasteiger partial charge >= 0.3 is 0 Å². The van der Waals surface area contributed by atoms with Crippen molar-refractivity contribution >= 4 is 5.69 Å². The maximum Gasteiger partial charge on any atom is 0.253 e. The average molecular weight is 347 g/mol. The molecule has 0 spiro atoms. The van der Waals surface area contributed by atoms with Crippen molar-refractivity contribution in [2.45, 2.75) is 6.04 Å². The first kappa shape index (κ1) is 16.9. The smallest absolute Gasteiger partial charge is 0.253 e. The topological polar surface area (TPSA) is 37.0 Å². The van der Waals surface area contributed by atoms with Crippen molar-refractivity contribution in [2.75, 3.05) is 5.43 Å². The first-order valence-corrected chi connectivity index (χ1v) is 7.39. The number of nitrogens with zero attached hydrogens (tertiary/aromatic N) is 1. The molecule has 0 amide bonds. The Morgan fingerprint density at radius 3 is 1.56 bits per heavy atom. The van der Waals surface area contributed by atoms with Crippen LogP contribution in [0.2, 0.25) is 0 Å². The van der Waals surface area contributed by atoms with E-state index in [0.717, 1.165) is 11.1 Å². The van der Waals surface area contributed by atoms with Gasteiger partial charge in [-0.2, -0.15) is 22.5 Å². The second kappa shape index (κ2) is 7.31. The van der Waals surface area contributed by atoms with Gasteiger partial charge in [0.2, 0.25) is 11.6 Å². The Hall–Kier alpha value is -2.93. The van der Waals surface area contributed by atoms with Crippen LogP contribution in [0.4, 0.5) is 23.2 Å². The monoisotopic (exact) mass is 347 g/mol. The van der Waals surface area contributed by atoms with Gasteiger partial charge in [-0.05, 0) is 11.1 Å². The zero-order chi connectivity index (χ0) is 17.8. The summed E-state index contributed by atoms with van der Waals surface area (Å²) in [4.78, 5) is 2.53. The lowest BCUT2D eigenvalue weighted by molar-refractivity contribution is 0.409. The van der Waals surface area contributed by atoms with Crippen molar-refractivity contribution < 1.29 is 17.6 Å². The molecule has 0 saturated carbocycles. The zero-order valence-corrected chi connectivity index (χ0v) is 12.8. The van der Waals surface area contributed by atoms with Crippen LogP contribution in [-0.4, -0.2) is 4.98 Å². The SMILES string of the molecule is Fc1nc(F)c(F)c(NNC(c2ccccc2)c2ccccc2)c1F. The van der Waals surface area contributed by atoms with Crippen LogP contribution in [0.25, 0.3) is 0 Å². The Morgan fingerprint density at radius 1 is 0.680 bits per heavy atom. The standard InChI is InChI=1S/C18H13F4N3/c19-13-16(14(20)18(22)23-17(13)21)25-24-15(11-7-3-1-4-8-11)12-9-5-2-6-10-12/h1-10,15,24H,(H,23,25). The summed E-state index contributed by atoms with van der Waals surface area (Å²) in [6.45, 7) is 0. The highest BCUT2D eigenvalue weighted by Crippen LogP contribution is 2.25. The molecule has 25 heavy (non-hydrogen) atoms. The molecule has 0 radical (unpaired) electrons. The van der Waals surface area contributed by atoms with Gasteiger partial charge in [-0.15, -0.1) is 0 Å². The van der Waals surface area contributed by atoms with Crippen molar-refractivity contribution in [2.24, 2.45) is 0 Å². The molecule has 1 heterocycles. The van der Waals surface area contributed by atoms with Crippen molar-refractivity contribution in [3.05, 3.63) is 95.3 Å². The molecular weight excluding hydrogens is 334 g/mol. The third kappa shape index (κ3) is 3.61. The molecule has 0 aliphatic heterocycles. The Balaban J connectivity index is 1.93. The zero-order valence-electron chi connectivity index (χ0n) is 12.8. The van der Waals surface area contributed by atoms with Gasteiger partial charge < -0.3 is 5.43 Å². The fourth-order valence-electron chi connectivity index (χ4n) is 2.39. The van der Waals surface area contributed by atoms with Crippen LogP contribution in [-0.2, 0) is 0 Å². The minimum absolute atomic E-state index is 0.513. The fraction of sp³-hybridized carbons (Fsp3) is 0.0556. The maximum atomic E-state index is 13.8. The number of benzene rings is 2. The van der Waals surface area contributed by atoms with Crippen molar-refractivity contribution in [3.63, 3.8) is 0 Å². The van der Waals surface area contributed by atoms with Gasteiger partial charge in [0.05, 0.1) is 6.04 Å². The van der Waals surface area contributed by atoms with E-state index in [2.05, 4.69) is 15.8 Å². The largest absolute Gasteiger partial charge is 0.315 e. The second-order valence-corrected chi connectivity index (χ2v) is 5.22. The highest BCUT2D eigenvalue weighted by Gasteiger charge is 2.22. The molecule has 3 nitrogen and oxygen atoms in total. The molecule has 0 bridgehead atoms. The number of hydrogen-bond acceptors (Lipinski definition) is 3. The molecule has 2 N–H and O–H groups in total. The van der Waals surface area contributed by atoms with E-state index in [1.165, 1.54) is 0 Å². The van der Waals surface area contributed by atoms with E-state index in [0.29, 0.717) is 0 Å². The molecule has 3 aromatic rings. The number of hydrazine groups is 1. The molecule has 0 atom stereocenters. The number of aromatic nitrogens is 1.